The molecule has 0 aromatic carbocycles. The van der Waals surface area contributed by atoms with Gasteiger partial charge in [-0.25, -0.2) is 9.69 Å². The van der Waals surface area contributed by atoms with Crippen LogP contribution in [0.2, 0.25) is 0 Å². The van der Waals surface area contributed by atoms with E-state index in [1.54, 1.807) is 27.1 Å². The quantitative estimate of drug-likeness (QED) is 0.890. The number of nitrogens with zero attached hydrogens (tertiary/aromatic N) is 3. The fraction of sp³-hybridized carbons (Fsp3) is 0.667. The number of urea groups is 1. The van der Waals surface area contributed by atoms with Gasteiger partial charge in [-0.2, -0.15) is 0 Å². The molecule has 0 radical (unpaired) electrons. The summed E-state index contributed by atoms with van der Waals surface area (Å²) in [6.45, 7) is 5.44. The minimum absolute atomic E-state index is 0.217. The molecule has 2 unspecified atom stereocenters. The van der Waals surface area contributed by atoms with Crippen LogP contribution < -0.4 is 4.90 Å². The number of aliphatic hydroxyl groups is 1. The van der Waals surface area contributed by atoms with Crippen LogP contribution in [0.15, 0.2) is 10.6 Å². The molecule has 7 heteroatoms. The van der Waals surface area contributed by atoms with Crippen molar-refractivity contribution in [2.45, 2.75) is 38.6 Å². The van der Waals surface area contributed by atoms with E-state index < -0.39 is 11.8 Å². The topological polar surface area (TPSA) is 79.0 Å². The number of anilines is 1. The smallest absolute Gasteiger partial charge is 0.329 e. The Morgan fingerprint density at radius 1 is 1.53 bits per heavy atom. The van der Waals surface area contributed by atoms with Crippen LogP contribution in [0.3, 0.4) is 0 Å². The molecule has 2 rings (SSSR count). The molecule has 1 N–H and O–H groups in total. The van der Waals surface area contributed by atoms with E-state index in [4.69, 9.17) is 9.26 Å². The van der Waals surface area contributed by atoms with Gasteiger partial charge >= 0.3 is 6.03 Å². The largest absolute Gasteiger partial charge is 0.372 e. The second-order valence-corrected chi connectivity index (χ2v) is 5.18. The number of amides is 2. The van der Waals surface area contributed by atoms with Crippen molar-refractivity contribution in [1.29, 1.82) is 0 Å². The highest BCUT2D eigenvalue weighted by Gasteiger charge is 2.43. The van der Waals surface area contributed by atoms with Crippen molar-refractivity contribution in [3.05, 3.63) is 11.8 Å². The highest BCUT2D eigenvalue weighted by atomic mass is 16.5. The van der Waals surface area contributed by atoms with Crippen LogP contribution >= 0.6 is 0 Å². The van der Waals surface area contributed by atoms with E-state index in [1.165, 1.54) is 9.80 Å². The summed E-state index contributed by atoms with van der Waals surface area (Å²) < 4.78 is 10.5. The summed E-state index contributed by atoms with van der Waals surface area (Å²) in [6, 6.07) is 0.977. The Labute approximate surface area is 111 Å². The van der Waals surface area contributed by atoms with Crippen molar-refractivity contribution in [1.82, 2.24) is 10.1 Å². The number of methoxy groups -OCH3 is 1. The third-order valence-corrected chi connectivity index (χ3v) is 3.68. The second-order valence-electron chi connectivity index (χ2n) is 5.18. The molecular formula is C12H19N3O4. The molecular weight excluding hydrogens is 250 g/mol. The standard InChI is InChI=1S/C12H19N3O4/c1-7-10(16)15(11(17)14(7)4)9-6-8(13-19-9)12(2,3)18-5/h6-7,10,16H,1-5H3. The van der Waals surface area contributed by atoms with Crippen molar-refractivity contribution in [2.75, 3.05) is 19.1 Å². The van der Waals surface area contributed by atoms with Crippen molar-refractivity contribution in [3.63, 3.8) is 0 Å². The number of carbonyl (C=O) groups is 1. The van der Waals surface area contributed by atoms with Crippen molar-refractivity contribution < 1.29 is 19.2 Å². The molecule has 1 aliphatic rings. The summed E-state index contributed by atoms with van der Waals surface area (Å²) in [5.74, 6) is 0.217. The molecule has 0 spiro atoms. The molecule has 1 aliphatic heterocycles. The average Bonchev–Trinajstić information content (AvgIpc) is 2.92. The normalized spacial score (nSPS) is 24.4. The summed E-state index contributed by atoms with van der Waals surface area (Å²) in [6.07, 6.45) is -0.955. The van der Waals surface area contributed by atoms with E-state index in [9.17, 15) is 9.90 Å². The molecule has 19 heavy (non-hydrogen) atoms. The fourth-order valence-electron chi connectivity index (χ4n) is 1.87. The molecule has 1 saturated heterocycles. The number of carbonyl (C=O) groups excluding carboxylic acids is 1. The van der Waals surface area contributed by atoms with Crippen molar-refractivity contribution in [3.8, 4) is 0 Å². The van der Waals surface area contributed by atoms with Crippen LogP contribution in [0.25, 0.3) is 0 Å². The van der Waals surface area contributed by atoms with E-state index in [1.807, 2.05) is 13.8 Å². The SMILES string of the molecule is COC(C)(C)c1cc(N2C(=O)N(C)C(C)C2O)on1. The number of likely N-dealkylation sites (N-methyl/N-ethyl adjacent to an activating group) is 1. The van der Waals surface area contributed by atoms with Gasteiger partial charge in [0.1, 0.15) is 11.3 Å². The predicted molar refractivity (Wildman–Crippen MR) is 67.6 cm³/mol. The maximum Gasteiger partial charge on any atom is 0.329 e. The van der Waals surface area contributed by atoms with Crippen LogP contribution in [0.5, 0.6) is 0 Å². The Kier molecular flexibility index (Phi) is 3.27. The van der Waals surface area contributed by atoms with Gasteiger partial charge in [-0.3, -0.25) is 0 Å². The van der Waals surface area contributed by atoms with E-state index >= 15 is 0 Å². The maximum absolute atomic E-state index is 12.0. The number of hydrogen-bond donors (Lipinski definition) is 1. The molecule has 0 bridgehead atoms. The highest BCUT2D eigenvalue weighted by Crippen LogP contribution is 2.31. The molecule has 106 valence electrons. The van der Waals surface area contributed by atoms with Crippen molar-refractivity contribution >= 4 is 11.9 Å². The molecule has 7 nitrogen and oxygen atoms in total. The summed E-state index contributed by atoms with van der Waals surface area (Å²) in [5, 5.41) is 14.0. The predicted octanol–water partition coefficient (Wildman–Crippen LogP) is 1.13. The third kappa shape index (κ3) is 2.08. The van der Waals surface area contributed by atoms with Crippen LogP contribution in [-0.4, -0.2) is 47.6 Å². The Balaban J connectivity index is 2.31. The Bertz CT molecular complexity index is 485. The average molecular weight is 269 g/mol. The van der Waals surface area contributed by atoms with Crippen LogP contribution in [0.1, 0.15) is 26.5 Å². The van der Waals surface area contributed by atoms with Gasteiger partial charge in [-0.15, -0.1) is 0 Å². The van der Waals surface area contributed by atoms with Crippen LogP contribution in [-0.2, 0) is 10.3 Å². The molecule has 1 fully saturated rings. The van der Waals surface area contributed by atoms with Gasteiger partial charge < -0.3 is 19.3 Å². The number of ether oxygens (including phenoxy) is 1. The van der Waals surface area contributed by atoms with Crippen LogP contribution in [0.4, 0.5) is 10.7 Å². The second kappa shape index (κ2) is 4.50. The lowest BCUT2D eigenvalue weighted by Gasteiger charge is -2.19. The summed E-state index contributed by atoms with van der Waals surface area (Å²) in [4.78, 5) is 14.7. The minimum atomic E-state index is -0.955. The van der Waals surface area contributed by atoms with E-state index in [2.05, 4.69) is 5.16 Å². The monoisotopic (exact) mass is 269 g/mol. The maximum atomic E-state index is 12.0. The minimum Gasteiger partial charge on any atom is -0.372 e. The molecule has 1 aromatic rings. The first kappa shape index (κ1) is 13.8. The third-order valence-electron chi connectivity index (χ3n) is 3.68. The van der Waals surface area contributed by atoms with E-state index in [0.717, 1.165) is 0 Å². The number of aliphatic hydroxyl groups excluding tert-OH is 1. The van der Waals surface area contributed by atoms with Crippen molar-refractivity contribution in [2.24, 2.45) is 0 Å². The Morgan fingerprint density at radius 2 is 2.16 bits per heavy atom. The lowest BCUT2D eigenvalue weighted by atomic mass is 10.1. The highest BCUT2D eigenvalue weighted by molar-refractivity contribution is 5.93. The first-order chi connectivity index (χ1) is 8.79. The van der Waals surface area contributed by atoms with Gasteiger partial charge in [0.25, 0.3) is 0 Å². The zero-order valence-corrected chi connectivity index (χ0v) is 11.7. The number of hydrogen-bond acceptors (Lipinski definition) is 5. The molecule has 0 saturated carbocycles. The number of aromatic nitrogens is 1. The van der Waals surface area contributed by atoms with Gasteiger partial charge in [0.15, 0.2) is 6.23 Å². The van der Waals surface area contributed by atoms with Gasteiger partial charge in [-0.1, -0.05) is 5.16 Å². The molecule has 2 atom stereocenters. The van der Waals surface area contributed by atoms with Gasteiger partial charge in [0.05, 0.1) is 6.04 Å². The Hall–Kier alpha value is -1.60. The Morgan fingerprint density at radius 3 is 2.63 bits per heavy atom. The van der Waals surface area contributed by atoms with E-state index in [0.29, 0.717) is 5.69 Å². The molecule has 0 aliphatic carbocycles. The molecule has 2 heterocycles. The van der Waals surface area contributed by atoms with Crippen LogP contribution in [0, 0.1) is 0 Å². The zero-order valence-electron chi connectivity index (χ0n) is 11.7. The summed E-state index contributed by atoms with van der Waals surface area (Å²) in [5.41, 5.74) is -0.0558. The first-order valence-electron chi connectivity index (χ1n) is 6.06. The lowest BCUT2D eigenvalue weighted by Crippen LogP contribution is -2.35. The molecule has 1 aromatic heterocycles. The summed E-state index contributed by atoms with van der Waals surface area (Å²) in [7, 11) is 3.20. The van der Waals surface area contributed by atoms with Gasteiger partial charge in [0, 0.05) is 20.2 Å². The summed E-state index contributed by atoms with van der Waals surface area (Å²) >= 11 is 0. The fourth-order valence-corrected chi connectivity index (χ4v) is 1.87. The number of rotatable bonds is 3. The first-order valence-corrected chi connectivity index (χ1v) is 6.06. The zero-order chi connectivity index (χ0) is 14.4. The van der Waals surface area contributed by atoms with Gasteiger partial charge in [-0.05, 0) is 20.8 Å². The van der Waals surface area contributed by atoms with E-state index in [-0.39, 0.29) is 18.0 Å². The van der Waals surface area contributed by atoms with Gasteiger partial charge in [0.2, 0.25) is 5.88 Å². The lowest BCUT2D eigenvalue weighted by molar-refractivity contribution is 0.0130. The molecule has 2 amide bonds.